The van der Waals surface area contributed by atoms with Crippen LogP contribution < -0.4 is 10.6 Å². The highest BCUT2D eigenvalue weighted by atomic mass is 16.3. The number of aliphatic hydroxyl groups excluding tert-OH is 1. The van der Waals surface area contributed by atoms with Crippen LogP contribution in [-0.2, 0) is 4.79 Å². The molecule has 2 amide bonds. The smallest absolute Gasteiger partial charge is 0.251 e. The fourth-order valence-electron chi connectivity index (χ4n) is 1.84. The standard InChI is InChI=1S/C15H22N2O3/c1-11-5-3-7-13(9-11)15(20)16-10-14(19)17-12(2)6-4-8-18/h3,5,7,9,12,18H,4,6,8,10H2,1-2H3,(H,16,20)(H,17,19). The summed E-state index contributed by atoms with van der Waals surface area (Å²) in [4.78, 5) is 23.5. The highest BCUT2D eigenvalue weighted by molar-refractivity contribution is 5.96. The van der Waals surface area contributed by atoms with Crippen molar-refractivity contribution in [3.05, 3.63) is 35.4 Å². The highest BCUT2D eigenvalue weighted by Crippen LogP contribution is 2.03. The minimum Gasteiger partial charge on any atom is -0.396 e. The van der Waals surface area contributed by atoms with Gasteiger partial charge in [0.1, 0.15) is 0 Å². The Kier molecular flexibility index (Phi) is 6.73. The van der Waals surface area contributed by atoms with Crippen LogP contribution in [0.4, 0.5) is 0 Å². The largest absolute Gasteiger partial charge is 0.396 e. The predicted molar refractivity (Wildman–Crippen MR) is 77.4 cm³/mol. The van der Waals surface area contributed by atoms with E-state index >= 15 is 0 Å². The minimum atomic E-state index is -0.258. The lowest BCUT2D eigenvalue weighted by Crippen LogP contribution is -2.40. The topological polar surface area (TPSA) is 78.4 Å². The van der Waals surface area contributed by atoms with Crippen molar-refractivity contribution in [1.82, 2.24) is 10.6 Å². The fraction of sp³-hybridized carbons (Fsp3) is 0.467. The van der Waals surface area contributed by atoms with Crippen LogP contribution in [0.2, 0.25) is 0 Å². The van der Waals surface area contributed by atoms with Crippen LogP contribution in [0.15, 0.2) is 24.3 Å². The Morgan fingerprint density at radius 3 is 2.75 bits per heavy atom. The van der Waals surface area contributed by atoms with Gasteiger partial charge in [-0.2, -0.15) is 0 Å². The third kappa shape index (κ3) is 5.84. The number of amides is 2. The molecule has 1 unspecified atom stereocenters. The molecule has 3 N–H and O–H groups in total. The normalized spacial score (nSPS) is 11.8. The molecule has 1 aromatic rings. The van der Waals surface area contributed by atoms with Gasteiger partial charge in [-0.05, 0) is 38.8 Å². The maximum atomic E-state index is 11.8. The quantitative estimate of drug-likeness (QED) is 0.696. The van der Waals surface area contributed by atoms with Crippen molar-refractivity contribution in [2.45, 2.75) is 32.7 Å². The molecule has 0 saturated heterocycles. The Bertz CT molecular complexity index is 460. The molecule has 0 fully saturated rings. The lowest BCUT2D eigenvalue weighted by molar-refractivity contribution is -0.120. The summed E-state index contributed by atoms with van der Waals surface area (Å²) in [6, 6.07) is 7.19. The zero-order valence-electron chi connectivity index (χ0n) is 12.0. The van der Waals surface area contributed by atoms with E-state index in [2.05, 4.69) is 10.6 Å². The van der Waals surface area contributed by atoms with Gasteiger partial charge in [0.05, 0.1) is 6.54 Å². The summed E-state index contributed by atoms with van der Waals surface area (Å²) in [5.74, 6) is -0.483. The summed E-state index contributed by atoms with van der Waals surface area (Å²) in [5.41, 5.74) is 1.55. The van der Waals surface area contributed by atoms with E-state index in [1.54, 1.807) is 18.2 Å². The average Bonchev–Trinajstić information content (AvgIpc) is 2.42. The van der Waals surface area contributed by atoms with E-state index in [0.717, 1.165) is 5.56 Å². The number of carbonyl (C=O) groups excluding carboxylic acids is 2. The van der Waals surface area contributed by atoms with Crippen molar-refractivity contribution in [3.63, 3.8) is 0 Å². The van der Waals surface area contributed by atoms with Gasteiger partial charge in [0, 0.05) is 18.2 Å². The number of hydrogen-bond acceptors (Lipinski definition) is 3. The number of hydrogen-bond donors (Lipinski definition) is 3. The lowest BCUT2D eigenvalue weighted by Gasteiger charge is -2.13. The molecule has 5 nitrogen and oxygen atoms in total. The van der Waals surface area contributed by atoms with Crippen LogP contribution in [0.5, 0.6) is 0 Å². The molecule has 0 aliphatic rings. The number of aryl methyl sites for hydroxylation is 1. The lowest BCUT2D eigenvalue weighted by atomic mass is 10.1. The van der Waals surface area contributed by atoms with Gasteiger partial charge in [0.25, 0.3) is 5.91 Å². The molecule has 1 atom stereocenters. The number of rotatable bonds is 7. The fourth-order valence-corrected chi connectivity index (χ4v) is 1.84. The summed E-state index contributed by atoms with van der Waals surface area (Å²) in [5, 5.41) is 14.1. The summed E-state index contributed by atoms with van der Waals surface area (Å²) in [6.45, 7) is 3.85. The van der Waals surface area contributed by atoms with E-state index in [0.29, 0.717) is 18.4 Å². The first-order valence-corrected chi connectivity index (χ1v) is 6.78. The molecule has 110 valence electrons. The van der Waals surface area contributed by atoms with Gasteiger partial charge in [-0.25, -0.2) is 0 Å². The van der Waals surface area contributed by atoms with Crippen molar-refractivity contribution in [2.75, 3.05) is 13.2 Å². The number of carbonyl (C=O) groups is 2. The van der Waals surface area contributed by atoms with E-state index in [4.69, 9.17) is 5.11 Å². The first-order chi connectivity index (χ1) is 9.52. The van der Waals surface area contributed by atoms with Crippen LogP contribution in [0.3, 0.4) is 0 Å². The summed E-state index contributed by atoms with van der Waals surface area (Å²) < 4.78 is 0. The summed E-state index contributed by atoms with van der Waals surface area (Å²) in [6.07, 6.45) is 1.37. The van der Waals surface area contributed by atoms with E-state index in [9.17, 15) is 9.59 Å². The molecule has 20 heavy (non-hydrogen) atoms. The van der Waals surface area contributed by atoms with Crippen molar-refractivity contribution < 1.29 is 14.7 Å². The second-order valence-electron chi connectivity index (χ2n) is 4.89. The molecular formula is C15H22N2O3. The summed E-state index contributed by atoms with van der Waals surface area (Å²) in [7, 11) is 0. The van der Waals surface area contributed by atoms with Crippen molar-refractivity contribution in [1.29, 1.82) is 0 Å². The predicted octanol–water partition coefficient (Wildman–Crippen LogP) is 1.00. The Morgan fingerprint density at radius 2 is 2.10 bits per heavy atom. The molecule has 0 bridgehead atoms. The molecule has 0 aromatic heterocycles. The Hall–Kier alpha value is -1.88. The monoisotopic (exact) mass is 278 g/mol. The first kappa shape index (κ1) is 16.2. The molecule has 5 heteroatoms. The van der Waals surface area contributed by atoms with Crippen LogP contribution in [-0.4, -0.2) is 36.1 Å². The minimum absolute atomic E-state index is 0.00878. The van der Waals surface area contributed by atoms with Gasteiger partial charge in [0.2, 0.25) is 5.91 Å². The van der Waals surface area contributed by atoms with Crippen molar-refractivity contribution in [3.8, 4) is 0 Å². The van der Waals surface area contributed by atoms with Gasteiger partial charge in [-0.1, -0.05) is 17.7 Å². The van der Waals surface area contributed by atoms with Gasteiger partial charge in [-0.15, -0.1) is 0 Å². The van der Waals surface area contributed by atoms with Crippen molar-refractivity contribution >= 4 is 11.8 Å². The van der Waals surface area contributed by atoms with Crippen LogP contribution >= 0.6 is 0 Å². The van der Waals surface area contributed by atoms with Crippen molar-refractivity contribution in [2.24, 2.45) is 0 Å². The molecule has 0 aliphatic carbocycles. The van der Waals surface area contributed by atoms with E-state index in [1.807, 2.05) is 19.9 Å². The number of aliphatic hydroxyl groups is 1. The van der Waals surface area contributed by atoms with Gasteiger partial charge >= 0.3 is 0 Å². The first-order valence-electron chi connectivity index (χ1n) is 6.78. The second-order valence-corrected chi connectivity index (χ2v) is 4.89. The molecule has 0 heterocycles. The third-order valence-corrected chi connectivity index (χ3v) is 2.89. The van der Waals surface area contributed by atoms with Gasteiger partial charge in [0.15, 0.2) is 0 Å². The summed E-state index contributed by atoms with van der Waals surface area (Å²) >= 11 is 0. The molecular weight excluding hydrogens is 256 g/mol. The Labute approximate surface area is 119 Å². The Balaban J connectivity index is 2.35. The third-order valence-electron chi connectivity index (χ3n) is 2.89. The van der Waals surface area contributed by atoms with Gasteiger partial charge in [-0.3, -0.25) is 9.59 Å². The van der Waals surface area contributed by atoms with Crippen LogP contribution in [0, 0.1) is 6.92 Å². The molecule has 0 aliphatic heterocycles. The zero-order valence-corrected chi connectivity index (χ0v) is 12.0. The molecule has 0 saturated carbocycles. The number of benzene rings is 1. The van der Waals surface area contributed by atoms with Crippen LogP contribution in [0.1, 0.15) is 35.7 Å². The van der Waals surface area contributed by atoms with Crippen LogP contribution in [0.25, 0.3) is 0 Å². The molecule has 1 rings (SSSR count). The Morgan fingerprint density at radius 1 is 1.35 bits per heavy atom. The maximum Gasteiger partial charge on any atom is 0.251 e. The zero-order chi connectivity index (χ0) is 15.0. The molecule has 0 radical (unpaired) electrons. The van der Waals surface area contributed by atoms with E-state index in [1.165, 1.54) is 0 Å². The second kappa shape index (κ2) is 8.32. The highest BCUT2D eigenvalue weighted by Gasteiger charge is 2.10. The molecule has 0 spiro atoms. The average molecular weight is 278 g/mol. The van der Waals surface area contributed by atoms with E-state index in [-0.39, 0.29) is 31.0 Å². The van der Waals surface area contributed by atoms with Gasteiger partial charge < -0.3 is 15.7 Å². The SMILES string of the molecule is Cc1cccc(C(=O)NCC(=O)NC(C)CCCO)c1. The number of nitrogens with one attached hydrogen (secondary N) is 2. The molecule has 1 aromatic carbocycles. The van der Waals surface area contributed by atoms with E-state index < -0.39 is 0 Å². The maximum absolute atomic E-state index is 11.8.